The molecular weight excluding hydrogens is 250 g/mol. The van der Waals surface area contributed by atoms with Gasteiger partial charge in [-0.2, -0.15) is 0 Å². The molecule has 2 heterocycles. The SMILES string of the molecule is CCC(NC(=O)c1cc(OC)cs1)c1ncc[nH]1. The number of ether oxygens (including phenoxy) is 1. The monoisotopic (exact) mass is 265 g/mol. The number of hydrogen-bond donors (Lipinski definition) is 2. The average Bonchev–Trinajstić information content (AvgIpc) is 3.05. The molecule has 5 nitrogen and oxygen atoms in total. The van der Waals surface area contributed by atoms with E-state index in [9.17, 15) is 4.79 Å². The number of carbonyl (C=O) groups excluding carboxylic acids is 1. The minimum absolute atomic E-state index is 0.0967. The fourth-order valence-corrected chi connectivity index (χ4v) is 2.36. The largest absolute Gasteiger partial charge is 0.496 e. The lowest BCUT2D eigenvalue weighted by Crippen LogP contribution is -2.28. The quantitative estimate of drug-likeness (QED) is 0.872. The van der Waals surface area contributed by atoms with E-state index in [1.165, 1.54) is 11.3 Å². The summed E-state index contributed by atoms with van der Waals surface area (Å²) in [6.07, 6.45) is 4.21. The Hall–Kier alpha value is -1.82. The fourth-order valence-electron chi connectivity index (χ4n) is 1.61. The highest BCUT2D eigenvalue weighted by atomic mass is 32.1. The van der Waals surface area contributed by atoms with Gasteiger partial charge in [0.2, 0.25) is 0 Å². The molecule has 0 aromatic carbocycles. The van der Waals surface area contributed by atoms with Crippen molar-refractivity contribution in [1.29, 1.82) is 0 Å². The molecule has 0 fully saturated rings. The second-order valence-corrected chi connectivity index (χ2v) is 4.67. The van der Waals surface area contributed by atoms with Gasteiger partial charge >= 0.3 is 0 Å². The number of aromatic nitrogens is 2. The van der Waals surface area contributed by atoms with Crippen LogP contribution in [0.5, 0.6) is 5.75 Å². The maximum atomic E-state index is 12.0. The summed E-state index contributed by atoms with van der Waals surface area (Å²) in [5.74, 6) is 1.37. The fraction of sp³-hybridized carbons (Fsp3) is 0.333. The van der Waals surface area contributed by atoms with Crippen molar-refractivity contribution in [2.75, 3.05) is 7.11 Å². The number of thiophene rings is 1. The number of amides is 1. The van der Waals surface area contributed by atoms with Crippen molar-refractivity contribution in [3.05, 3.63) is 34.5 Å². The molecule has 2 rings (SSSR count). The van der Waals surface area contributed by atoms with E-state index in [2.05, 4.69) is 15.3 Å². The molecule has 1 amide bonds. The van der Waals surface area contributed by atoms with Gasteiger partial charge in [0, 0.05) is 23.8 Å². The molecule has 0 saturated heterocycles. The third-order valence-electron chi connectivity index (χ3n) is 2.60. The van der Waals surface area contributed by atoms with Crippen molar-refractivity contribution < 1.29 is 9.53 Å². The van der Waals surface area contributed by atoms with E-state index in [1.807, 2.05) is 12.3 Å². The van der Waals surface area contributed by atoms with E-state index in [0.29, 0.717) is 10.6 Å². The Morgan fingerprint density at radius 1 is 1.67 bits per heavy atom. The maximum absolute atomic E-state index is 12.0. The summed E-state index contributed by atoms with van der Waals surface area (Å²) in [5, 5.41) is 4.75. The normalized spacial score (nSPS) is 12.1. The van der Waals surface area contributed by atoms with Crippen LogP contribution in [-0.2, 0) is 0 Å². The zero-order valence-corrected chi connectivity index (χ0v) is 11.1. The van der Waals surface area contributed by atoms with E-state index in [1.54, 1.807) is 25.6 Å². The topological polar surface area (TPSA) is 67.0 Å². The standard InChI is InChI=1S/C12H15N3O2S/c1-3-9(11-13-4-5-14-11)15-12(16)10-6-8(17-2)7-18-10/h4-7,9H,3H2,1-2H3,(H,13,14)(H,15,16). The lowest BCUT2D eigenvalue weighted by atomic mass is 10.2. The second kappa shape index (κ2) is 5.68. The van der Waals surface area contributed by atoms with Gasteiger partial charge in [0.15, 0.2) is 0 Å². The van der Waals surface area contributed by atoms with Crippen LogP contribution < -0.4 is 10.1 Å². The lowest BCUT2D eigenvalue weighted by Gasteiger charge is -2.13. The zero-order chi connectivity index (χ0) is 13.0. The van der Waals surface area contributed by atoms with Crippen molar-refractivity contribution in [3.63, 3.8) is 0 Å². The van der Waals surface area contributed by atoms with Gasteiger partial charge in [-0.25, -0.2) is 4.98 Å². The third-order valence-corrected chi connectivity index (χ3v) is 3.51. The van der Waals surface area contributed by atoms with Crippen LogP contribution in [0.4, 0.5) is 0 Å². The van der Waals surface area contributed by atoms with Crippen LogP contribution >= 0.6 is 11.3 Å². The third kappa shape index (κ3) is 2.70. The molecule has 2 aromatic heterocycles. The number of nitrogens with one attached hydrogen (secondary N) is 2. The summed E-state index contributed by atoms with van der Waals surface area (Å²) in [6.45, 7) is 2.00. The highest BCUT2D eigenvalue weighted by molar-refractivity contribution is 7.12. The van der Waals surface area contributed by atoms with Gasteiger partial charge in [-0.1, -0.05) is 6.92 Å². The molecule has 0 saturated carbocycles. The van der Waals surface area contributed by atoms with Gasteiger partial charge in [-0.05, 0) is 6.42 Å². The van der Waals surface area contributed by atoms with Crippen LogP contribution in [0.1, 0.15) is 34.9 Å². The number of rotatable bonds is 5. The first-order valence-corrected chi connectivity index (χ1v) is 6.55. The molecule has 6 heteroatoms. The Morgan fingerprint density at radius 2 is 2.50 bits per heavy atom. The molecule has 96 valence electrons. The van der Waals surface area contributed by atoms with Gasteiger partial charge in [0.1, 0.15) is 11.6 Å². The van der Waals surface area contributed by atoms with E-state index in [-0.39, 0.29) is 11.9 Å². The number of hydrogen-bond acceptors (Lipinski definition) is 4. The van der Waals surface area contributed by atoms with Crippen LogP contribution in [-0.4, -0.2) is 23.0 Å². The van der Waals surface area contributed by atoms with Crippen molar-refractivity contribution >= 4 is 17.2 Å². The maximum Gasteiger partial charge on any atom is 0.262 e. The zero-order valence-electron chi connectivity index (χ0n) is 10.3. The molecule has 0 spiro atoms. The van der Waals surface area contributed by atoms with Crippen molar-refractivity contribution in [1.82, 2.24) is 15.3 Å². The van der Waals surface area contributed by atoms with Crippen molar-refractivity contribution in [2.24, 2.45) is 0 Å². The van der Waals surface area contributed by atoms with Crippen LogP contribution in [0.25, 0.3) is 0 Å². The molecular formula is C12H15N3O2S. The summed E-state index contributed by atoms with van der Waals surface area (Å²) in [5.41, 5.74) is 0. The number of methoxy groups -OCH3 is 1. The van der Waals surface area contributed by atoms with E-state index < -0.39 is 0 Å². The summed E-state index contributed by atoms with van der Waals surface area (Å²) in [4.78, 5) is 19.9. The summed E-state index contributed by atoms with van der Waals surface area (Å²) < 4.78 is 5.06. The predicted octanol–water partition coefficient (Wildman–Crippen LogP) is 2.36. The van der Waals surface area contributed by atoms with Crippen molar-refractivity contribution in [2.45, 2.75) is 19.4 Å². The molecule has 0 radical (unpaired) electrons. The Labute approximate surface area is 109 Å². The summed E-state index contributed by atoms with van der Waals surface area (Å²) in [6, 6.07) is 1.63. The average molecular weight is 265 g/mol. The minimum atomic E-state index is -0.105. The first kappa shape index (κ1) is 12.6. The van der Waals surface area contributed by atoms with Crippen LogP contribution in [0, 0.1) is 0 Å². The molecule has 18 heavy (non-hydrogen) atoms. The second-order valence-electron chi connectivity index (χ2n) is 3.76. The minimum Gasteiger partial charge on any atom is -0.496 e. The molecule has 0 aliphatic carbocycles. The number of aromatic amines is 1. The van der Waals surface area contributed by atoms with E-state index >= 15 is 0 Å². The molecule has 0 bridgehead atoms. The highest BCUT2D eigenvalue weighted by Crippen LogP contribution is 2.22. The molecule has 1 atom stereocenters. The Kier molecular flexibility index (Phi) is 3.99. The highest BCUT2D eigenvalue weighted by Gasteiger charge is 2.17. The number of nitrogens with zero attached hydrogens (tertiary/aromatic N) is 1. The number of imidazole rings is 1. The predicted molar refractivity (Wildman–Crippen MR) is 70.0 cm³/mol. The lowest BCUT2D eigenvalue weighted by molar-refractivity contribution is 0.0938. The van der Waals surface area contributed by atoms with E-state index in [0.717, 1.165) is 12.2 Å². The van der Waals surface area contributed by atoms with E-state index in [4.69, 9.17) is 4.74 Å². The molecule has 0 aliphatic rings. The Bertz CT molecular complexity index is 507. The molecule has 2 aromatic rings. The van der Waals surface area contributed by atoms with Crippen molar-refractivity contribution in [3.8, 4) is 5.75 Å². The smallest absolute Gasteiger partial charge is 0.262 e. The van der Waals surface area contributed by atoms with Gasteiger partial charge in [0.05, 0.1) is 18.0 Å². The van der Waals surface area contributed by atoms with Crippen LogP contribution in [0.3, 0.4) is 0 Å². The first-order chi connectivity index (χ1) is 8.74. The molecule has 1 unspecified atom stereocenters. The van der Waals surface area contributed by atoms with Crippen LogP contribution in [0.15, 0.2) is 23.8 Å². The molecule has 2 N–H and O–H groups in total. The van der Waals surface area contributed by atoms with Crippen LogP contribution in [0.2, 0.25) is 0 Å². The Morgan fingerprint density at radius 3 is 3.06 bits per heavy atom. The first-order valence-electron chi connectivity index (χ1n) is 5.67. The van der Waals surface area contributed by atoms with Gasteiger partial charge in [-0.15, -0.1) is 11.3 Å². The summed E-state index contributed by atoms with van der Waals surface area (Å²) in [7, 11) is 1.58. The Balaban J connectivity index is 2.06. The number of carbonyl (C=O) groups is 1. The molecule has 0 aliphatic heterocycles. The number of H-pyrrole nitrogens is 1. The summed E-state index contributed by atoms with van der Waals surface area (Å²) >= 11 is 1.36. The van der Waals surface area contributed by atoms with Gasteiger partial charge in [0.25, 0.3) is 5.91 Å². The van der Waals surface area contributed by atoms with Gasteiger partial charge < -0.3 is 15.0 Å². The van der Waals surface area contributed by atoms with Gasteiger partial charge in [-0.3, -0.25) is 4.79 Å².